The monoisotopic (exact) mass is 502 g/mol. The van der Waals surface area contributed by atoms with Crippen molar-refractivity contribution in [2.45, 2.75) is 75.6 Å². The summed E-state index contributed by atoms with van der Waals surface area (Å²) < 4.78 is 34.6. The smallest absolute Gasteiger partial charge is 0.410 e. The van der Waals surface area contributed by atoms with Crippen molar-refractivity contribution in [3.05, 3.63) is 48.0 Å². The first-order valence-electron chi connectivity index (χ1n) is 12.0. The van der Waals surface area contributed by atoms with Crippen LogP contribution in [0.2, 0.25) is 0 Å². The van der Waals surface area contributed by atoms with Crippen LogP contribution in [0.3, 0.4) is 0 Å². The average Bonchev–Trinajstić information content (AvgIpc) is 2.81. The Bertz CT molecular complexity index is 1120. The second-order valence-corrected chi connectivity index (χ2v) is 12.3. The highest BCUT2D eigenvalue weighted by molar-refractivity contribution is 7.90. The lowest BCUT2D eigenvalue weighted by atomic mass is 9.90. The van der Waals surface area contributed by atoms with E-state index in [4.69, 9.17) is 9.47 Å². The van der Waals surface area contributed by atoms with Crippen molar-refractivity contribution in [2.75, 3.05) is 20.4 Å². The van der Waals surface area contributed by atoms with Gasteiger partial charge in [0, 0.05) is 37.5 Å². The van der Waals surface area contributed by atoms with Crippen molar-refractivity contribution in [1.29, 1.82) is 0 Å². The maximum absolute atomic E-state index is 12.4. The molecule has 7 nitrogen and oxygen atoms in total. The lowest BCUT2D eigenvalue weighted by Crippen LogP contribution is -2.44. The maximum Gasteiger partial charge on any atom is 0.410 e. The number of nitrogens with zero attached hydrogens (tertiary/aromatic N) is 1. The van der Waals surface area contributed by atoms with Crippen molar-refractivity contribution < 1.29 is 22.7 Å². The molecule has 2 aromatic rings. The summed E-state index contributed by atoms with van der Waals surface area (Å²) in [5.74, 6) is 0.812. The molecule has 3 rings (SSSR count). The highest BCUT2D eigenvalue weighted by atomic mass is 32.2. The van der Waals surface area contributed by atoms with Gasteiger partial charge in [-0.1, -0.05) is 18.2 Å². The third-order valence-corrected chi connectivity index (χ3v) is 7.53. The van der Waals surface area contributed by atoms with E-state index in [-0.39, 0.29) is 12.1 Å². The molecule has 8 heteroatoms. The van der Waals surface area contributed by atoms with Crippen LogP contribution in [-0.4, -0.2) is 57.5 Å². The molecule has 0 spiro atoms. The van der Waals surface area contributed by atoms with E-state index in [9.17, 15) is 13.2 Å². The number of amides is 1. The molecule has 1 amide bonds. The Morgan fingerprint density at radius 3 is 2.17 bits per heavy atom. The Kier molecular flexibility index (Phi) is 8.49. The van der Waals surface area contributed by atoms with Crippen LogP contribution in [0.5, 0.6) is 5.75 Å². The Morgan fingerprint density at radius 2 is 1.63 bits per heavy atom. The molecule has 1 aliphatic rings. The third-order valence-electron chi connectivity index (χ3n) is 6.40. The number of ether oxygens (including phenoxy) is 2. The Hall–Kier alpha value is -2.58. The highest BCUT2D eigenvalue weighted by Crippen LogP contribution is 2.29. The van der Waals surface area contributed by atoms with Gasteiger partial charge in [-0.2, -0.15) is 0 Å². The summed E-state index contributed by atoms with van der Waals surface area (Å²) in [6.45, 7) is 6.31. The van der Waals surface area contributed by atoms with Gasteiger partial charge in [-0.15, -0.1) is 0 Å². The number of rotatable bonds is 7. The van der Waals surface area contributed by atoms with Gasteiger partial charge < -0.3 is 19.7 Å². The molecule has 0 aromatic heterocycles. The molecular weight excluding hydrogens is 464 g/mol. The standard InChI is InChI=1S/C27H38N2O5S/c1-27(2,3)34-26(30)29(4)23-12-10-22(11-13-23)28-18-21-17-20(9-16-25(21)33-5)19-7-14-24(15-8-19)35(6,31)32/h7-9,14-17,22-23,28H,10-13,18H2,1-6H3/t22-,23-. The van der Waals surface area contributed by atoms with Gasteiger partial charge in [0.25, 0.3) is 0 Å². The second kappa shape index (κ2) is 11.0. The molecule has 0 heterocycles. The van der Waals surface area contributed by atoms with E-state index in [0.717, 1.165) is 48.1 Å². The largest absolute Gasteiger partial charge is 0.496 e. The van der Waals surface area contributed by atoms with E-state index in [1.54, 1.807) is 24.1 Å². The molecule has 2 aromatic carbocycles. The van der Waals surface area contributed by atoms with Gasteiger partial charge >= 0.3 is 6.09 Å². The van der Waals surface area contributed by atoms with E-state index >= 15 is 0 Å². The quantitative estimate of drug-likeness (QED) is 0.571. The van der Waals surface area contributed by atoms with Crippen LogP contribution >= 0.6 is 0 Å². The van der Waals surface area contributed by atoms with Crippen molar-refractivity contribution in [3.63, 3.8) is 0 Å². The number of methoxy groups -OCH3 is 1. The second-order valence-electron chi connectivity index (χ2n) is 10.3. The Balaban J connectivity index is 1.60. The van der Waals surface area contributed by atoms with Crippen LogP contribution in [-0.2, 0) is 21.1 Å². The van der Waals surface area contributed by atoms with Crippen molar-refractivity contribution >= 4 is 15.9 Å². The van der Waals surface area contributed by atoms with Crippen LogP contribution in [0.25, 0.3) is 11.1 Å². The minimum Gasteiger partial charge on any atom is -0.496 e. The van der Waals surface area contributed by atoms with E-state index in [2.05, 4.69) is 11.4 Å². The van der Waals surface area contributed by atoms with Gasteiger partial charge in [0.15, 0.2) is 9.84 Å². The molecular formula is C27H38N2O5S. The molecule has 1 fully saturated rings. The van der Waals surface area contributed by atoms with Crippen LogP contribution in [0.1, 0.15) is 52.0 Å². The fourth-order valence-electron chi connectivity index (χ4n) is 4.40. The molecule has 1 aliphatic carbocycles. The molecule has 192 valence electrons. The van der Waals surface area contributed by atoms with Crippen LogP contribution < -0.4 is 10.1 Å². The summed E-state index contributed by atoms with van der Waals surface area (Å²) in [5, 5.41) is 3.65. The summed E-state index contributed by atoms with van der Waals surface area (Å²) in [6.07, 6.45) is 4.76. The molecule has 0 unspecified atom stereocenters. The van der Waals surface area contributed by atoms with Crippen molar-refractivity contribution in [2.24, 2.45) is 0 Å². The van der Waals surface area contributed by atoms with Crippen LogP contribution in [0.4, 0.5) is 4.79 Å². The molecule has 0 atom stereocenters. The fraction of sp³-hybridized carbons (Fsp3) is 0.519. The first-order chi connectivity index (χ1) is 16.4. The Labute approximate surface area is 209 Å². The lowest BCUT2D eigenvalue weighted by Gasteiger charge is -2.36. The number of carbonyl (C=O) groups is 1. The predicted molar refractivity (Wildman–Crippen MR) is 138 cm³/mol. The number of hydrogen-bond donors (Lipinski definition) is 1. The highest BCUT2D eigenvalue weighted by Gasteiger charge is 2.29. The molecule has 0 bridgehead atoms. The molecule has 1 N–H and O–H groups in total. The van der Waals surface area contributed by atoms with Crippen molar-refractivity contribution in [1.82, 2.24) is 10.2 Å². The zero-order chi connectivity index (χ0) is 25.8. The zero-order valence-electron chi connectivity index (χ0n) is 21.6. The predicted octanol–water partition coefficient (Wildman–Crippen LogP) is 5.03. The molecule has 0 saturated heterocycles. The number of carbonyl (C=O) groups excluding carboxylic acids is 1. The normalized spacial score (nSPS) is 18.7. The molecule has 35 heavy (non-hydrogen) atoms. The van der Waals surface area contributed by atoms with Gasteiger partial charge in [-0.3, -0.25) is 0 Å². The van der Waals surface area contributed by atoms with E-state index in [1.807, 2.05) is 52.1 Å². The van der Waals surface area contributed by atoms with E-state index < -0.39 is 15.4 Å². The summed E-state index contributed by atoms with van der Waals surface area (Å²) in [6, 6.07) is 13.5. The van der Waals surface area contributed by atoms with Gasteiger partial charge in [-0.25, -0.2) is 13.2 Å². The van der Waals surface area contributed by atoms with Crippen LogP contribution in [0, 0.1) is 0 Å². The lowest BCUT2D eigenvalue weighted by molar-refractivity contribution is 0.0179. The van der Waals surface area contributed by atoms with Gasteiger partial charge in [0.2, 0.25) is 0 Å². The van der Waals surface area contributed by atoms with E-state index in [1.165, 1.54) is 6.26 Å². The van der Waals surface area contributed by atoms with Crippen LogP contribution in [0.15, 0.2) is 47.4 Å². The summed E-state index contributed by atoms with van der Waals surface area (Å²) >= 11 is 0. The summed E-state index contributed by atoms with van der Waals surface area (Å²) in [7, 11) is 0.266. The minimum atomic E-state index is -3.22. The van der Waals surface area contributed by atoms with Gasteiger partial charge in [-0.05, 0) is 81.8 Å². The number of nitrogens with one attached hydrogen (secondary N) is 1. The summed E-state index contributed by atoms with van der Waals surface area (Å²) in [4.78, 5) is 14.4. The topological polar surface area (TPSA) is 84.9 Å². The number of sulfone groups is 1. The fourth-order valence-corrected chi connectivity index (χ4v) is 5.03. The zero-order valence-corrected chi connectivity index (χ0v) is 22.4. The average molecular weight is 503 g/mol. The third kappa shape index (κ3) is 7.45. The van der Waals surface area contributed by atoms with Crippen molar-refractivity contribution in [3.8, 4) is 16.9 Å². The first-order valence-corrected chi connectivity index (χ1v) is 13.9. The molecule has 0 radical (unpaired) electrons. The van der Waals surface area contributed by atoms with E-state index in [0.29, 0.717) is 17.5 Å². The first kappa shape index (κ1) is 27.0. The Morgan fingerprint density at radius 1 is 1.03 bits per heavy atom. The SMILES string of the molecule is COc1ccc(-c2ccc(S(C)(=O)=O)cc2)cc1CN[C@H]1CC[C@H](N(C)C(=O)OC(C)(C)C)CC1. The number of hydrogen-bond acceptors (Lipinski definition) is 6. The minimum absolute atomic E-state index is 0.190. The summed E-state index contributed by atoms with van der Waals surface area (Å²) in [5.41, 5.74) is 2.51. The molecule has 1 saturated carbocycles. The van der Waals surface area contributed by atoms with Gasteiger partial charge in [0.1, 0.15) is 11.4 Å². The number of benzene rings is 2. The van der Waals surface area contributed by atoms with Gasteiger partial charge in [0.05, 0.1) is 12.0 Å². The molecule has 0 aliphatic heterocycles. The maximum atomic E-state index is 12.4.